The van der Waals surface area contributed by atoms with Crippen molar-refractivity contribution in [2.45, 2.75) is 19.2 Å². The lowest BCUT2D eigenvalue weighted by Crippen LogP contribution is -2.14. The number of hydrogen-bond acceptors (Lipinski definition) is 1. The molecule has 0 saturated heterocycles. The van der Waals surface area contributed by atoms with E-state index in [1.54, 1.807) is 0 Å². The van der Waals surface area contributed by atoms with Gasteiger partial charge in [0.1, 0.15) is 5.38 Å². The summed E-state index contributed by atoms with van der Waals surface area (Å²) in [5.74, 6) is 0.127. The molecule has 0 spiro atoms. The van der Waals surface area contributed by atoms with Crippen LogP contribution < -0.4 is 0 Å². The van der Waals surface area contributed by atoms with Gasteiger partial charge in [-0.1, -0.05) is 13.8 Å². The second-order valence-corrected chi connectivity index (χ2v) is 2.79. The molecule has 3 heteroatoms. The van der Waals surface area contributed by atoms with Gasteiger partial charge in [-0.3, -0.25) is 4.79 Å². The van der Waals surface area contributed by atoms with Crippen molar-refractivity contribution in [1.82, 2.24) is 0 Å². The molecule has 48 valence electrons. The standard InChI is InChI=1S/C5H8Cl2O/c1-3(2)4(6)5(7)8/h3-4H,1-2H3. The Morgan fingerprint density at radius 1 is 1.50 bits per heavy atom. The van der Waals surface area contributed by atoms with Crippen LogP contribution in [0, 0.1) is 5.92 Å². The lowest BCUT2D eigenvalue weighted by molar-refractivity contribution is -0.111. The van der Waals surface area contributed by atoms with E-state index in [1.807, 2.05) is 13.8 Å². The Balaban J connectivity index is 3.64. The minimum absolute atomic E-state index is 0.127. The molecule has 1 nitrogen and oxygen atoms in total. The number of rotatable bonds is 2. The molecule has 0 heterocycles. The van der Waals surface area contributed by atoms with Crippen LogP contribution in [0.5, 0.6) is 0 Å². The fourth-order valence-electron chi connectivity index (χ4n) is 0.262. The Morgan fingerprint density at radius 3 is 1.88 bits per heavy atom. The molecule has 0 aliphatic carbocycles. The summed E-state index contributed by atoms with van der Waals surface area (Å²) in [4.78, 5) is 10.2. The Hall–Kier alpha value is 0.250. The van der Waals surface area contributed by atoms with Crippen molar-refractivity contribution >= 4 is 28.4 Å². The van der Waals surface area contributed by atoms with Crippen LogP contribution in [0.15, 0.2) is 0 Å². The van der Waals surface area contributed by atoms with Gasteiger partial charge in [-0.15, -0.1) is 11.6 Å². The fourth-order valence-corrected chi connectivity index (χ4v) is 0.514. The first-order valence-corrected chi connectivity index (χ1v) is 3.20. The van der Waals surface area contributed by atoms with Gasteiger partial charge in [0, 0.05) is 0 Å². The van der Waals surface area contributed by atoms with Crippen LogP contribution in [0.2, 0.25) is 0 Å². The van der Waals surface area contributed by atoms with Gasteiger partial charge in [-0.05, 0) is 17.5 Å². The van der Waals surface area contributed by atoms with E-state index in [4.69, 9.17) is 23.2 Å². The number of halogens is 2. The monoisotopic (exact) mass is 154 g/mol. The molecule has 0 radical (unpaired) electrons. The highest BCUT2D eigenvalue weighted by Gasteiger charge is 2.15. The maximum Gasteiger partial charge on any atom is 0.239 e. The summed E-state index contributed by atoms with van der Waals surface area (Å²) < 4.78 is 0. The topological polar surface area (TPSA) is 17.1 Å². The Morgan fingerprint density at radius 2 is 1.88 bits per heavy atom. The van der Waals surface area contributed by atoms with Crippen molar-refractivity contribution in [2.24, 2.45) is 5.92 Å². The quantitative estimate of drug-likeness (QED) is 0.440. The van der Waals surface area contributed by atoms with Crippen LogP contribution in [0.1, 0.15) is 13.8 Å². The van der Waals surface area contributed by atoms with Crippen LogP contribution in [0.4, 0.5) is 0 Å². The zero-order valence-corrected chi connectivity index (χ0v) is 6.33. The van der Waals surface area contributed by atoms with Crippen LogP contribution in [-0.2, 0) is 4.79 Å². The van der Waals surface area contributed by atoms with Crippen LogP contribution >= 0.6 is 23.2 Å². The molecule has 0 bridgehead atoms. The summed E-state index contributed by atoms with van der Waals surface area (Å²) in [6.07, 6.45) is 0. The van der Waals surface area contributed by atoms with Crippen molar-refractivity contribution in [1.29, 1.82) is 0 Å². The summed E-state index contributed by atoms with van der Waals surface area (Å²) in [6, 6.07) is 0. The molecular weight excluding hydrogens is 147 g/mol. The molecule has 8 heavy (non-hydrogen) atoms. The normalized spacial score (nSPS) is 14.1. The molecule has 1 atom stereocenters. The molecule has 1 unspecified atom stereocenters. The van der Waals surface area contributed by atoms with Gasteiger partial charge in [0.05, 0.1) is 0 Å². The van der Waals surface area contributed by atoms with Crippen molar-refractivity contribution in [3.8, 4) is 0 Å². The van der Waals surface area contributed by atoms with Crippen LogP contribution in [-0.4, -0.2) is 10.6 Å². The smallest absolute Gasteiger partial charge is 0.239 e. The third kappa shape index (κ3) is 2.53. The number of carbonyl (C=O) groups is 1. The third-order valence-electron chi connectivity index (χ3n) is 0.802. The van der Waals surface area contributed by atoms with E-state index >= 15 is 0 Å². The van der Waals surface area contributed by atoms with Gasteiger partial charge >= 0.3 is 0 Å². The molecular formula is C5H8Cl2O. The maximum atomic E-state index is 10.2. The summed E-state index contributed by atoms with van der Waals surface area (Å²) in [5, 5.41) is -1.00. The van der Waals surface area contributed by atoms with E-state index in [2.05, 4.69) is 0 Å². The molecule has 0 N–H and O–H groups in total. The highest BCUT2D eigenvalue weighted by Crippen LogP contribution is 2.11. The van der Waals surface area contributed by atoms with E-state index in [0.29, 0.717) is 0 Å². The van der Waals surface area contributed by atoms with Gasteiger partial charge in [-0.2, -0.15) is 0 Å². The predicted molar refractivity (Wildman–Crippen MR) is 35.3 cm³/mol. The second kappa shape index (κ2) is 3.31. The predicted octanol–water partition coefficient (Wildman–Crippen LogP) is 2.02. The van der Waals surface area contributed by atoms with E-state index in [1.165, 1.54) is 0 Å². The molecule has 0 aromatic rings. The summed E-state index contributed by atoms with van der Waals surface area (Å²) >= 11 is 10.5. The molecule has 0 rings (SSSR count). The average molecular weight is 155 g/mol. The minimum atomic E-state index is -0.531. The number of carbonyl (C=O) groups excluding carboxylic acids is 1. The highest BCUT2D eigenvalue weighted by atomic mass is 35.5. The number of hydrogen-bond donors (Lipinski definition) is 0. The summed E-state index contributed by atoms with van der Waals surface area (Å²) in [7, 11) is 0. The first kappa shape index (κ1) is 8.25. The average Bonchev–Trinajstić information content (AvgIpc) is 1.64. The van der Waals surface area contributed by atoms with Gasteiger partial charge in [0.15, 0.2) is 0 Å². The molecule has 0 aliphatic rings. The Labute approximate surface area is 59.0 Å². The van der Waals surface area contributed by atoms with Crippen molar-refractivity contribution in [2.75, 3.05) is 0 Å². The fraction of sp³-hybridized carbons (Fsp3) is 0.800. The van der Waals surface area contributed by atoms with Crippen molar-refractivity contribution < 1.29 is 4.79 Å². The Bertz CT molecular complexity index is 90.4. The molecule has 0 aliphatic heterocycles. The molecule has 0 fully saturated rings. The van der Waals surface area contributed by atoms with Crippen LogP contribution in [0.3, 0.4) is 0 Å². The lowest BCUT2D eigenvalue weighted by Gasteiger charge is -2.05. The lowest BCUT2D eigenvalue weighted by atomic mass is 10.1. The summed E-state index contributed by atoms with van der Waals surface area (Å²) in [6.45, 7) is 3.69. The van der Waals surface area contributed by atoms with Crippen LogP contribution in [0.25, 0.3) is 0 Å². The number of alkyl halides is 1. The van der Waals surface area contributed by atoms with E-state index in [9.17, 15) is 4.79 Å². The SMILES string of the molecule is CC(C)C(Cl)C(=O)Cl. The molecule has 0 saturated carbocycles. The third-order valence-corrected chi connectivity index (χ3v) is 1.85. The second-order valence-electron chi connectivity index (χ2n) is 1.95. The first-order valence-electron chi connectivity index (χ1n) is 2.39. The molecule has 0 amide bonds. The maximum absolute atomic E-state index is 10.2. The zero-order chi connectivity index (χ0) is 6.73. The zero-order valence-electron chi connectivity index (χ0n) is 4.82. The minimum Gasteiger partial charge on any atom is -0.280 e. The van der Waals surface area contributed by atoms with Crippen molar-refractivity contribution in [3.63, 3.8) is 0 Å². The largest absolute Gasteiger partial charge is 0.280 e. The van der Waals surface area contributed by atoms with Gasteiger partial charge < -0.3 is 0 Å². The highest BCUT2D eigenvalue weighted by molar-refractivity contribution is 6.69. The van der Waals surface area contributed by atoms with E-state index in [0.717, 1.165) is 0 Å². The molecule has 0 aromatic heterocycles. The summed E-state index contributed by atoms with van der Waals surface area (Å²) in [5.41, 5.74) is 0. The first-order chi connectivity index (χ1) is 3.55. The van der Waals surface area contributed by atoms with Gasteiger partial charge in [0.2, 0.25) is 5.24 Å². The van der Waals surface area contributed by atoms with E-state index < -0.39 is 10.6 Å². The van der Waals surface area contributed by atoms with Gasteiger partial charge in [-0.25, -0.2) is 0 Å². The van der Waals surface area contributed by atoms with Crippen molar-refractivity contribution in [3.05, 3.63) is 0 Å². The van der Waals surface area contributed by atoms with Gasteiger partial charge in [0.25, 0.3) is 0 Å². The molecule has 0 aromatic carbocycles. The van der Waals surface area contributed by atoms with E-state index in [-0.39, 0.29) is 5.92 Å². The Kier molecular flexibility index (Phi) is 3.41.